The first-order valence-electron chi connectivity index (χ1n) is 6.00. The molecule has 1 aliphatic heterocycles. The maximum atomic E-state index is 5.45. The predicted octanol–water partition coefficient (Wildman–Crippen LogP) is 1.47. The average molecular weight is 245 g/mol. The quantitative estimate of drug-likeness (QED) is 0.783. The summed E-state index contributed by atoms with van der Waals surface area (Å²) in [5, 5.41) is 3.37. The van der Waals surface area contributed by atoms with Gasteiger partial charge in [0.15, 0.2) is 11.5 Å². The first-order valence-corrected chi connectivity index (χ1v) is 6.00. The standard InChI is InChI=1S/C13H15N3O2/c1-2-10(13-11(3-1)17-9-18-13)8-14-5-4-12-15-6-7-16-12/h1-3,6-7,14H,4-5,8-9H2,(H,15,16). The number of aromatic amines is 1. The van der Waals surface area contributed by atoms with Crippen LogP contribution in [0.5, 0.6) is 11.5 Å². The summed E-state index contributed by atoms with van der Waals surface area (Å²) in [6, 6.07) is 5.96. The van der Waals surface area contributed by atoms with Crippen molar-refractivity contribution in [2.45, 2.75) is 13.0 Å². The monoisotopic (exact) mass is 245 g/mol. The summed E-state index contributed by atoms with van der Waals surface area (Å²) < 4.78 is 10.8. The number of benzene rings is 1. The fraction of sp³-hybridized carbons (Fsp3) is 0.308. The highest BCUT2D eigenvalue weighted by molar-refractivity contribution is 5.48. The molecule has 0 fully saturated rings. The molecule has 2 N–H and O–H groups in total. The number of imidazole rings is 1. The van der Waals surface area contributed by atoms with E-state index in [9.17, 15) is 0 Å². The lowest BCUT2D eigenvalue weighted by molar-refractivity contribution is 0.173. The Kier molecular flexibility index (Phi) is 3.14. The molecule has 3 rings (SSSR count). The van der Waals surface area contributed by atoms with Crippen LogP contribution in [0, 0.1) is 0 Å². The first-order chi connectivity index (χ1) is 8.93. The number of nitrogens with zero attached hydrogens (tertiary/aromatic N) is 1. The molecule has 0 aliphatic carbocycles. The average Bonchev–Trinajstić information content (AvgIpc) is 3.05. The van der Waals surface area contributed by atoms with E-state index in [4.69, 9.17) is 9.47 Å². The third-order valence-electron chi connectivity index (χ3n) is 2.89. The summed E-state index contributed by atoms with van der Waals surface area (Å²) in [6.45, 7) is 1.96. The Balaban J connectivity index is 1.53. The van der Waals surface area contributed by atoms with Crippen LogP contribution in [0.2, 0.25) is 0 Å². The van der Waals surface area contributed by atoms with Crippen LogP contribution in [0.1, 0.15) is 11.4 Å². The molecule has 94 valence electrons. The van der Waals surface area contributed by atoms with Crippen LogP contribution in [0.25, 0.3) is 0 Å². The van der Waals surface area contributed by atoms with E-state index in [1.54, 1.807) is 6.20 Å². The molecular weight excluding hydrogens is 230 g/mol. The Morgan fingerprint density at radius 3 is 3.22 bits per heavy atom. The van der Waals surface area contributed by atoms with Crippen molar-refractivity contribution in [2.24, 2.45) is 0 Å². The summed E-state index contributed by atoms with van der Waals surface area (Å²) in [6.07, 6.45) is 4.49. The molecule has 0 radical (unpaired) electrons. The zero-order chi connectivity index (χ0) is 12.2. The van der Waals surface area contributed by atoms with Gasteiger partial charge < -0.3 is 19.8 Å². The van der Waals surface area contributed by atoms with Crippen LogP contribution < -0.4 is 14.8 Å². The van der Waals surface area contributed by atoms with Gasteiger partial charge in [-0.25, -0.2) is 4.98 Å². The maximum Gasteiger partial charge on any atom is 0.231 e. The van der Waals surface area contributed by atoms with Crippen LogP contribution in [-0.2, 0) is 13.0 Å². The molecule has 18 heavy (non-hydrogen) atoms. The van der Waals surface area contributed by atoms with E-state index in [2.05, 4.69) is 15.3 Å². The summed E-state index contributed by atoms with van der Waals surface area (Å²) in [7, 11) is 0. The van der Waals surface area contributed by atoms with Crippen molar-refractivity contribution in [2.75, 3.05) is 13.3 Å². The molecule has 1 aromatic carbocycles. The van der Waals surface area contributed by atoms with Gasteiger partial charge in [0.05, 0.1) is 0 Å². The number of aromatic nitrogens is 2. The van der Waals surface area contributed by atoms with Crippen molar-refractivity contribution < 1.29 is 9.47 Å². The topological polar surface area (TPSA) is 59.2 Å². The van der Waals surface area contributed by atoms with E-state index >= 15 is 0 Å². The summed E-state index contributed by atoms with van der Waals surface area (Å²) in [4.78, 5) is 7.26. The van der Waals surface area contributed by atoms with Crippen LogP contribution in [-0.4, -0.2) is 23.3 Å². The second-order valence-corrected chi connectivity index (χ2v) is 4.11. The van der Waals surface area contributed by atoms with Crippen molar-refractivity contribution in [3.05, 3.63) is 42.0 Å². The van der Waals surface area contributed by atoms with Crippen molar-refractivity contribution in [1.82, 2.24) is 15.3 Å². The number of H-pyrrole nitrogens is 1. The van der Waals surface area contributed by atoms with Crippen molar-refractivity contribution in [1.29, 1.82) is 0 Å². The van der Waals surface area contributed by atoms with E-state index < -0.39 is 0 Å². The molecule has 5 nitrogen and oxygen atoms in total. The molecule has 1 aromatic heterocycles. The number of hydrogen-bond donors (Lipinski definition) is 2. The molecule has 1 aliphatic rings. The van der Waals surface area contributed by atoms with Crippen LogP contribution in [0.15, 0.2) is 30.6 Å². The van der Waals surface area contributed by atoms with Gasteiger partial charge in [-0.1, -0.05) is 12.1 Å². The van der Waals surface area contributed by atoms with Crippen molar-refractivity contribution >= 4 is 0 Å². The minimum Gasteiger partial charge on any atom is -0.454 e. The third-order valence-corrected chi connectivity index (χ3v) is 2.89. The molecule has 0 saturated heterocycles. The fourth-order valence-corrected chi connectivity index (χ4v) is 1.99. The second kappa shape index (κ2) is 5.10. The van der Waals surface area contributed by atoms with Gasteiger partial charge in [-0.15, -0.1) is 0 Å². The Morgan fingerprint density at radius 2 is 2.33 bits per heavy atom. The molecule has 0 amide bonds. The minimum atomic E-state index is 0.318. The second-order valence-electron chi connectivity index (χ2n) is 4.11. The molecule has 0 bridgehead atoms. The van der Waals surface area contributed by atoms with Gasteiger partial charge in [0.2, 0.25) is 6.79 Å². The molecule has 0 spiro atoms. The van der Waals surface area contributed by atoms with Gasteiger partial charge in [0, 0.05) is 37.5 Å². The van der Waals surface area contributed by atoms with Crippen LogP contribution in [0.3, 0.4) is 0 Å². The van der Waals surface area contributed by atoms with Gasteiger partial charge in [-0.2, -0.15) is 0 Å². The van der Waals surface area contributed by atoms with Crippen molar-refractivity contribution in [3.63, 3.8) is 0 Å². The predicted molar refractivity (Wildman–Crippen MR) is 66.6 cm³/mol. The first kappa shape index (κ1) is 11.1. The zero-order valence-electron chi connectivity index (χ0n) is 9.98. The van der Waals surface area contributed by atoms with Crippen LogP contribution >= 0.6 is 0 Å². The largest absolute Gasteiger partial charge is 0.454 e. The van der Waals surface area contributed by atoms with Gasteiger partial charge in [0.25, 0.3) is 0 Å². The highest BCUT2D eigenvalue weighted by atomic mass is 16.7. The smallest absolute Gasteiger partial charge is 0.231 e. The molecule has 2 heterocycles. The minimum absolute atomic E-state index is 0.318. The van der Waals surface area contributed by atoms with Gasteiger partial charge in [0.1, 0.15) is 5.82 Å². The number of hydrogen-bond acceptors (Lipinski definition) is 4. The summed E-state index contributed by atoms with van der Waals surface area (Å²) >= 11 is 0. The Morgan fingerprint density at radius 1 is 1.33 bits per heavy atom. The lowest BCUT2D eigenvalue weighted by Crippen LogP contribution is -2.17. The molecule has 0 saturated carbocycles. The molecule has 0 atom stereocenters. The lowest BCUT2D eigenvalue weighted by atomic mass is 10.2. The van der Waals surface area contributed by atoms with Gasteiger partial charge >= 0.3 is 0 Å². The van der Waals surface area contributed by atoms with Gasteiger partial charge in [-0.05, 0) is 6.07 Å². The Labute approximate surface area is 105 Å². The van der Waals surface area contributed by atoms with E-state index in [1.165, 1.54) is 0 Å². The SMILES string of the molecule is c1cc(CNCCc2ncc[nH]2)c2c(c1)OCO2. The third kappa shape index (κ3) is 2.31. The molecule has 0 unspecified atom stereocenters. The number of nitrogens with one attached hydrogen (secondary N) is 2. The molecular formula is C13H15N3O2. The Hall–Kier alpha value is -2.01. The number of fused-ring (bicyclic) bond motifs is 1. The molecule has 2 aromatic rings. The highest BCUT2D eigenvalue weighted by Gasteiger charge is 2.16. The Bertz CT molecular complexity index is 511. The van der Waals surface area contributed by atoms with Gasteiger partial charge in [-0.3, -0.25) is 0 Å². The normalized spacial score (nSPS) is 12.9. The summed E-state index contributed by atoms with van der Waals surface area (Å²) in [5.74, 6) is 2.70. The molecule has 5 heteroatoms. The van der Waals surface area contributed by atoms with E-state index in [-0.39, 0.29) is 0 Å². The van der Waals surface area contributed by atoms with E-state index in [0.29, 0.717) is 6.79 Å². The van der Waals surface area contributed by atoms with E-state index in [0.717, 1.165) is 42.4 Å². The number of para-hydroxylation sites is 1. The fourth-order valence-electron chi connectivity index (χ4n) is 1.99. The number of rotatable bonds is 5. The van der Waals surface area contributed by atoms with Crippen LogP contribution in [0.4, 0.5) is 0 Å². The van der Waals surface area contributed by atoms with E-state index in [1.807, 2.05) is 24.4 Å². The highest BCUT2D eigenvalue weighted by Crippen LogP contribution is 2.35. The maximum absolute atomic E-state index is 5.45. The van der Waals surface area contributed by atoms with Crippen molar-refractivity contribution in [3.8, 4) is 11.5 Å². The summed E-state index contributed by atoms with van der Waals surface area (Å²) in [5.41, 5.74) is 1.13. The number of ether oxygens (including phenoxy) is 2. The zero-order valence-corrected chi connectivity index (χ0v) is 9.98. The lowest BCUT2D eigenvalue weighted by Gasteiger charge is -2.06.